The number of nitro groups is 1. The summed E-state index contributed by atoms with van der Waals surface area (Å²) in [6.45, 7) is 3.99. The van der Waals surface area contributed by atoms with Crippen molar-refractivity contribution >= 4 is 21.4 Å². The van der Waals surface area contributed by atoms with Gasteiger partial charge >= 0.3 is 0 Å². The van der Waals surface area contributed by atoms with E-state index in [1.807, 2.05) is 18.2 Å². The van der Waals surface area contributed by atoms with Crippen molar-refractivity contribution in [1.82, 2.24) is 4.72 Å². The van der Waals surface area contributed by atoms with Crippen LogP contribution >= 0.6 is 0 Å². The molecule has 0 fully saturated rings. The van der Waals surface area contributed by atoms with Crippen LogP contribution in [0.15, 0.2) is 47.4 Å². The lowest BCUT2D eigenvalue weighted by molar-refractivity contribution is -0.384. The van der Waals surface area contributed by atoms with Crippen molar-refractivity contribution in [3.63, 3.8) is 0 Å². The maximum atomic E-state index is 12.3. The molecule has 1 heterocycles. The largest absolute Gasteiger partial charge is 0.486 e. The number of benzene rings is 2. The highest BCUT2D eigenvalue weighted by molar-refractivity contribution is 7.89. The van der Waals surface area contributed by atoms with Gasteiger partial charge in [0.25, 0.3) is 5.69 Å². The summed E-state index contributed by atoms with van der Waals surface area (Å²) in [6.07, 6.45) is -0.333. The van der Waals surface area contributed by atoms with Crippen LogP contribution in [0.1, 0.15) is 13.8 Å². The van der Waals surface area contributed by atoms with Gasteiger partial charge in [0.15, 0.2) is 17.6 Å². The van der Waals surface area contributed by atoms with E-state index in [1.165, 1.54) is 12.1 Å². The van der Waals surface area contributed by atoms with E-state index in [2.05, 4.69) is 4.72 Å². The molecule has 0 amide bonds. The van der Waals surface area contributed by atoms with Gasteiger partial charge in [0.05, 0.1) is 16.4 Å². The number of fused-ring (bicyclic) bond motifs is 1. The lowest BCUT2D eigenvalue weighted by Crippen LogP contribution is -2.39. The smallest absolute Gasteiger partial charge is 0.293 e. The Morgan fingerprint density at radius 1 is 1.24 bits per heavy atom. The molecule has 10 heteroatoms. The van der Waals surface area contributed by atoms with Crippen LogP contribution in [0.2, 0.25) is 0 Å². The quantitative estimate of drug-likeness (QED) is 0.540. The van der Waals surface area contributed by atoms with Gasteiger partial charge in [-0.1, -0.05) is 12.1 Å². The number of hydrogen-bond acceptors (Lipinski definition) is 7. The molecular weight excluding hydrogens is 398 g/mol. The van der Waals surface area contributed by atoms with Crippen molar-refractivity contribution in [2.75, 3.05) is 25.1 Å². The fourth-order valence-electron chi connectivity index (χ4n) is 3.07. The predicted molar refractivity (Wildman–Crippen MR) is 108 cm³/mol. The van der Waals surface area contributed by atoms with Crippen LogP contribution in [0, 0.1) is 10.1 Å². The topological polar surface area (TPSA) is 111 Å². The molecule has 1 aliphatic heterocycles. The summed E-state index contributed by atoms with van der Waals surface area (Å²) in [7, 11) is -2.15. The minimum absolute atomic E-state index is 0.152. The molecule has 2 aromatic carbocycles. The van der Waals surface area contributed by atoms with Gasteiger partial charge in [0.1, 0.15) is 12.3 Å². The Hall–Kier alpha value is -2.85. The Balaban J connectivity index is 1.82. The highest BCUT2D eigenvalue weighted by Crippen LogP contribution is 2.33. The summed E-state index contributed by atoms with van der Waals surface area (Å²) in [4.78, 5) is 12.5. The number of nitrogens with zero attached hydrogens (tertiary/aromatic N) is 2. The van der Waals surface area contributed by atoms with Gasteiger partial charge in [-0.3, -0.25) is 10.1 Å². The first-order valence-corrected chi connectivity index (χ1v) is 10.6. The molecule has 0 spiro atoms. The Morgan fingerprint density at radius 2 is 1.93 bits per heavy atom. The van der Waals surface area contributed by atoms with Crippen molar-refractivity contribution < 1.29 is 22.8 Å². The number of rotatable bonds is 7. The molecule has 156 valence electrons. The molecule has 0 aromatic heterocycles. The number of likely N-dealkylation sites (N-methyl/N-ethyl adjacent to an activating group) is 1. The third-order valence-corrected chi connectivity index (χ3v) is 5.96. The fraction of sp³-hybridized carbons (Fsp3) is 0.368. The van der Waals surface area contributed by atoms with E-state index in [0.717, 1.165) is 6.07 Å². The molecule has 0 saturated heterocycles. The molecule has 3 rings (SSSR count). The molecule has 1 atom stereocenters. The fourth-order valence-corrected chi connectivity index (χ4v) is 4.35. The van der Waals surface area contributed by atoms with E-state index in [9.17, 15) is 18.5 Å². The van der Waals surface area contributed by atoms with Crippen molar-refractivity contribution in [2.24, 2.45) is 0 Å². The number of para-hydroxylation sites is 2. The van der Waals surface area contributed by atoms with Gasteiger partial charge in [0, 0.05) is 19.2 Å². The average Bonchev–Trinajstić information content (AvgIpc) is 2.66. The van der Waals surface area contributed by atoms with Crippen molar-refractivity contribution in [1.29, 1.82) is 0 Å². The van der Waals surface area contributed by atoms with Crippen LogP contribution in [-0.4, -0.2) is 45.7 Å². The van der Waals surface area contributed by atoms with Gasteiger partial charge < -0.3 is 14.4 Å². The predicted octanol–water partition coefficient (Wildman–Crippen LogP) is 2.56. The molecule has 1 aliphatic rings. The summed E-state index contributed by atoms with van der Waals surface area (Å²) >= 11 is 0. The van der Waals surface area contributed by atoms with Gasteiger partial charge in [0.2, 0.25) is 10.0 Å². The molecule has 0 aliphatic carbocycles. The normalized spacial score (nSPS) is 15.9. The van der Waals surface area contributed by atoms with Crippen LogP contribution in [0.4, 0.5) is 11.4 Å². The summed E-state index contributed by atoms with van der Waals surface area (Å²) in [5, 5.41) is 11.6. The maximum Gasteiger partial charge on any atom is 0.293 e. The highest BCUT2D eigenvalue weighted by atomic mass is 32.2. The van der Waals surface area contributed by atoms with Gasteiger partial charge in [-0.25, -0.2) is 13.1 Å². The SMILES string of the molecule is CC(C)NS(=O)(=O)c1ccc(N(C)C[C@@H]2COc3ccccc3O2)c([N+](=O)[O-])c1. The second-order valence-electron chi connectivity index (χ2n) is 7.06. The zero-order chi connectivity index (χ0) is 21.2. The van der Waals surface area contributed by atoms with E-state index in [1.54, 1.807) is 31.9 Å². The van der Waals surface area contributed by atoms with Crippen molar-refractivity contribution in [3.8, 4) is 11.5 Å². The highest BCUT2D eigenvalue weighted by Gasteiger charge is 2.27. The Morgan fingerprint density at radius 3 is 2.59 bits per heavy atom. The van der Waals surface area contributed by atoms with Gasteiger partial charge in [-0.05, 0) is 38.1 Å². The maximum absolute atomic E-state index is 12.3. The van der Waals surface area contributed by atoms with Crippen LogP contribution < -0.4 is 19.1 Å². The first-order valence-electron chi connectivity index (χ1n) is 9.08. The first-order chi connectivity index (χ1) is 13.7. The molecule has 0 radical (unpaired) electrons. The van der Waals surface area contributed by atoms with Crippen LogP contribution in [-0.2, 0) is 10.0 Å². The molecule has 0 unspecified atom stereocenters. The zero-order valence-electron chi connectivity index (χ0n) is 16.4. The third-order valence-electron chi connectivity index (χ3n) is 4.30. The summed E-state index contributed by atoms with van der Waals surface area (Å²) in [6, 6.07) is 10.8. The third kappa shape index (κ3) is 4.77. The van der Waals surface area contributed by atoms with E-state index in [-0.39, 0.29) is 22.7 Å². The number of ether oxygens (including phenoxy) is 2. The molecule has 29 heavy (non-hydrogen) atoms. The lowest BCUT2D eigenvalue weighted by Gasteiger charge is -2.30. The van der Waals surface area contributed by atoms with E-state index >= 15 is 0 Å². The second kappa shape index (κ2) is 8.26. The van der Waals surface area contributed by atoms with E-state index in [0.29, 0.717) is 30.3 Å². The molecule has 0 bridgehead atoms. The standard InChI is InChI=1S/C19H23N3O6S/c1-13(2)20-29(25,26)15-8-9-16(17(10-15)22(23)24)21(3)11-14-12-27-18-6-4-5-7-19(18)28-14/h4-10,13-14,20H,11-12H2,1-3H3/t14-/m1/s1. The number of nitrogens with one attached hydrogen (secondary N) is 1. The Labute approximate surface area is 169 Å². The van der Waals surface area contributed by atoms with Crippen molar-refractivity contribution in [2.45, 2.75) is 30.9 Å². The van der Waals surface area contributed by atoms with Gasteiger partial charge in [-0.15, -0.1) is 0 Å². The van der Waals surface area contributed by atoms with Crippen LogP contribution in [0.25, 0.3) is 0 Å². The molecule has 2 aromatic rings. The van der Waals surface area contributed by atoms with Crippen LogP contribution in [0.3, 0.4) is 0 Å². The minimum atomic E-state index is -3.84. The molecule has 1 N–H and O–H groups in total. The lowest BCUT2D eigenvalue weighted by atomic mass is 10.2. The van der Waals surface area contributed by atoms with Crippen molar-refractivity contribution in [3.05, 3.63) is 52.6 Å². The Kier molecular flexibility index (Phi) is 5.94. The number of sulfonamides is 1. The van der Waals surface area contributed by atoms with E-state index < -0.39 is 14.9 Å². The zero-order valence-corrected chi connectivity index (χ0v) is 17.2. The summed E-state index contributed by atoms with van der Waals surface area (Å²) < 4.78 is 38.7. The first kappa shape index (κ1) is 20.9. The second-order valence-corrected chi connectivity index (χ2v) is 8.78. The van der Waals surface area contributed by atoms with Crippen LogP contribution in [0.5, 0.6) is 11.5 Å². The van der Waals surface area contributed by atoms with E-state index in [4.69, 9.17) is 9.47 Å². The number of nitro benzene ring substituents is 1. The summed E-state index contributed by atoms with van der Waals surface area (Å²) in [5.74, 6) is 1.28. The average molecular weight is 421 g/mol. The van der Waals surface area contributed by atoms with Gasteiger partial charge in [-0.2, -0.15) is 0 Å². The Bertz CT molecular complexity index is 1010. The monoisotopic (exact) mass is 421 g/mol. The number of anilines is 1. The molecular formula is C19H23N3O6S. The minimum Gasteiger partial charge on any atom is -0.486 e. The summed E-state index contributed by atoms with van der Waals surface area (Å²) in [5.41, 5.74) is -0.00258. The molecule has 0 saturated carbocycles. The number of hydrogen-bond donors (Lipinski definition) is 1. The molecule has 9 nitrogen and oxygen atoms in total.